The van der Waals surface area contributed by atoms with E-state index in [1.54, 1.807) is 20.0 Å². The van der Waals surface area contributed by atoms with Gasteiger partial charge in [-0.05, 0) is 38.5 Å². The average Bonchev–Trinajstić information content (AvgIpc) is 3.24. The Morgan fingerprint density at radius 2 is 2.00 bits per heavy atom. The van der Waals surface area contributed by atoms with Crippen LogP contribution in [0, 0.1) is 0 Å². The Kier molecular flexibility index (Phi) is 3.95. The summed E-state index contributed by atoms with van der Waals surface area (Å²) in [6.45, 7) is 6.29. The lowest BCUT2D eigenvalue weighted by Crippen LogP contribution is -2.15. The van der Waals surface area contributed by atoms with Crippen LogP contribution in [0.4, 0.5) is 0 Å². The van der Waals surface area contributed by atoms with Crippen molar-refractivity contribution in [1.82, 2.24) is 24.4 Å². The van der Waals surface area contributed by atoms with Crippen LogP contribution in [0.1, 0.15) is 31.1 Å². The van der Waals surface area contributed by atoms with Crippen LogP contribution in [0.3, 0.4) is 0 Å². The minimum absolute atomic E-state index is 0.259. The van der Waals surface area contributed by atoms with Crippen molar-refractivity contribution in [2.75, 3.05) is 0 Å². The van der Waals surface area contributed by atoms with Crippen LogP contribution in [-0.4, -0.2) is 36.0 Å². The lowest BCUT2D eigenvalue weighted by Gasteiger charge is -2.05. The molecule has 0 aliphatic heterocycles. The van der Waals surface area contributed by atoms with Gasteiger partial charge in [-0.2, -0.15) is 14.7 Å². The average molecular weight is 362 g/mol. The fraction of sp³-hybridized carbons (Fsp3) is 0.211. The normalized spacial score (nSPS) is 11.2. The summed E-state index contributed by atoms with van der Waals surface area (Å²) in [4.78, 5) is 31.9. The molecule has 0 atom stereocenters. The van der Waals surface area contributed by atoms with Gasteiger partial charge in [0.25, 0.3) is 11.5 Å². The number of H-pyrrole nitrogens is 1. The highest BCUT2D eigenvalue weighted by molar-refractivity contribution is 6.06. The molecule has 1 N–H and O–H groups in total. The largest absolute Gasteiger partial charge is 0.339 e. The van der Waals surface area contributed by atoms with E-state index in [1.165, 1.54) is 16.8 Å². The number of hydrogen-bond acceptors (Lipinski definition) is 4. The molecule has 0 fully saturated rings. The first-order valence-corrected chi connectivity index (χ1v) is 8.61. The van der Waals surface area contributed by atoms with Gasteiger partial charge in [-0.3, -0.25) is 14.3 Å². The van der Waals surface area contributed by atoms with Crippen LogP contribution >= 0.6 is 0 Å². The van der Waals surface area contributed by atoms with Crippen molar-refractivity contribution >= 4 is 28.2 Å². The molecule has 8 nitrogen and oxygen atoms in total. The highest BCUT2D eigenvalue weighted by Gasteiger charge is 2.16. The van der Waals surface area contributed by atoms with Crippen LogP contribution in [0.25, 0.3) is 27.8 Å². The minimum atomic E-state index is -0.433. The zero-order valence-corrected chi connectivity index (χ0v) is 15.2. The van der Waals surface area contributed by atoms with Gasteiger partial charge in [-0.1, -0.05) is 6.07 Å². The van der Waals surface area contributed by atoms with Gasteiger partial charge < -0.3 is 4.98 Å². The van der Waals surface area contributed by atoms with Gasteiger partial charge in [0.15, 0.2) is 5.65 Å². The minimum Gasteiger partial charge on any atom is -0.339 e. The van der Waals surface area contributed by atoms with E-state index >= 15 is 0 Å². The van der Waals surface area contributed by atoms with Crippen molar-refractivity contribution in [3.63, 3.8) is 0 Å². The number of fused-ring (bicyclic) bond motifs is 2. The van der Waals surface area contributed by atoms with Gasteiger partial charge in [-0.25, -0.2) is 4.99 Å². The first kappa shape index (κ1) is 16.9. The monoisotopic (exact) mass is 362 g/mol. The van der Waals surface area contributed by atoms with Crippen molar-refractivity contribution in [1.29, 1.82) is 0 Å². The van der Waals surface area contributed by atoms with E-state index in [-0.39, 0.29) is 11.1 Å². The fourth-order valence-electron chi connectivity index (χ4n) is 3.07. The Hall–Kier alpha value is -3.55. The number of aromatic amines is 1. The van der Waals surface area contributed by atoms with Crippen LogP contribution in [0.5, 0.6) is 0 Å². The second-order valence-corrected chi connectivity index (χ2v) is 6.44. The van der Waals surface area contributed by atoms with E-state index in [9.17, 15) is 9.59 Å². The van der Waals surface area contributed by atoms with Gasteiger partial charge in [-0.15, -0.1) is 0 Å². The molecule has 4 rings (SSSR count). The summed E-state index contributed by atoms with van der Waals surface area (Å²) in [7, 11) is 0. The van der Waals surface area contributed by atoms with Crippen molar-refractivity contribution in [2.24, 2.45) is 4.99 Å². The maximum Gasteiger partial charge on any atom is 0.282 e. The Morgan fingerprint density at radius 1 is 1.19 bits per heavy atom. The number of amides is 1. The van der Waals surface area contributed by atoms with Gasteiger partial charge in [0, 0.05) is 23.7 Å². The van der Waals surface area contributed by atoms with E-state index in [4.69, 9.17) is 0 Å². The molecule has 3 aromatic heterocycles. The molecule has 0 saturated heterocycles. The molecule has 0 spiro atoms. The summed E-state index contributed by atoms with van der Waals surface area (Å²) in [6.07, 6.45) is 3.16. The van der Waals surface area contributed by atoms with Crippen molar-refractivity contribution in [2.45, 2.75) is 27.3 Å². The zero-order valence-electron chi connectivity index (χ0n) is 15.2. The van der Waals surface area contributed by atoms with E-state index in [1.807, 2.05) is 29.8 Å². The molecule has 0 radical (unpaired) electrons. The number of carbonyl (C=O) groups excluding carboxylic acids is 1. The lowest BCUT2D eigenvalue weighted by atomic mass is 10.1. The van der Waals surface area contributed by atoms with Gasteiger partial charge >= 0.3 is 0 Å². The molecule has 1 amide bonds. The van der Waals surface area contributed by atoms with Crippen molar-refractivity contribution in [3.8, 4) is 11.3 Å². The molecule has 1 aromatic carbocycles. The summed E-state index contributed by atoms with van der Waals surface area (Å²) in [5.74, 6) is -0.433. The maximum atomic E-state index is 12.5. The van der Waals surface area contributed by atoms with Gasteiger partial charge in [0.1, 0.15) is 5.56 Å². The number of nitrogens with one attached hydrogen (secondary N) is 1. The number of aromatic nitrogens is 5. The highest BCUT2D eigenvalue weighted by Crippen LogP contribution is 2.23. The Morgan fingerprint density at radius 3 is 2.74 bits per heavy atom. The molecular formula is C19H18N6O2. The van der Waals surface area contributed by atoms with Crippen LogP contribution in [-0.2, 0) is 6.54 Å². The number of benzene rings is 1. The zero-order chi connectivity index (χ0) is 19.1. The van der Waals surface area contributed by atoms with Crippen molar-refractivity contribution < 1.29 is 4.79 Å². The summed E-state index contributed by atoms with van der Waals surface area (Å²) in [6, 6.07) is 7.32. The quantitative estimate of drug-likeness (QED) is 0.567. The van der Waals surface area contributed by atoms with E-state index in [0.717, 1.165) is 23.0 Å². The molecule has 3 heterocycles. The molecule has 0 unspecified atom stereocenters. The summed E-state index contributed by atoms with van der Waals surface area (Å²) >= 11 is 0. The fourth-order valence-corrected chi connectivity index (χ4v) is 3.07. The first-order chi connectivity index (χ1) is 13.0. The number of hydrogen-bond donors (Lipinski definition) is 1. The highest BCUT2D eigenvalue weighted by atomic mass is 16.1. The van der Waals surface area contributed by atoms with Gasteiger partial charge in [0.05, 0.1) is 23.6 Å². The van der Waals surface area contributed by atoms with E-state index < -0.39 is 5.91 Å². The Balaban J connectivity index is 1.88. The molecule has 0 aliphatic rings. The van der Waals surface area contributed by atoms with E-state index in [2.05, 4.69) is 20.2 Å². The number of carbonyl (C=O) groups is 1. The molecule has 4 aromatic rings. The van der Waals surface area contributed by atoms with Crippen LogP contribution < -0.4 is 5.56 Å². The smallest absolute Gasteiger partial charge is 0.282 e. The number of nitrogens with zero attached hydrogens (tertiary/aromatic N) is 5. The second-order valence-electron chi connectivity index (χ2n) is 6.44. The lowest BCUT2D eigenvalue weighted by molar-refractivity contribution is 0.100. The number of aliphatic imine (C=N–C) groups is 1. The maximum absolute atomic E-state index is 12.5. The molecule has 0 aliphatic carbocycles. The molecular weight excluding hydrogens is 344 g/mol. The number of aryl methyl sites for hydroxylation is 1. The Labute approximate surface area is 154 Å². The van der Waals surface area contributed by atoms with Crippen molar-refractivity contribution in [3.05, 3.63) is 52.6 Å². The third kappa shape index (κ3) is 2.84. The summed E-state index contributed by atoms with van der Waals surface area (Å²) < 4.78 is 3.08. The molecule has 0 saturated carbocycles. The molecule has 27 heavy (non-hydrogen) atoms. The van der Waals surface area contributed by atoms with E-state index in [0.29, 0.717) is 17.1 Å². The Bertz CT molecular complexity index is 1270. The predicted molar refractivity (Wildman–Crippen MR) is 103 cm³/mol. The standard InChI is InChI=1S/C19H18N6O2/c1-4-24-16-6-5-12(7-13(16)9-20-24)15-8-17(26)25-18(23-15)14(10-21-25)19(27)22-11(2)3/h5-10,23H,4H2,1-3H3. The van der Waals surface area contributed by atoms with Crippen LogP contribution in [0.15, 0.2) is 46.4 Å². The molecule has 136 valence electrons. The third-order valence-corrected chi connectivity index (χ3v) is 4.31. The molecule has 8 heteroatoms. The summed E-state index contributed by atoms with van der Waals surface area (Å²) in [5, 5.41) is 9.34. The third-order valence-electron chi connectivity index (χ3n) is 4.31. The molecule has 0 bridgehead atoms. The van der Waals surface area contributed by atoms with Crippen LogP contribution in [0.2, 0.25) is 0 Å². The first-order valence-electron chi connectivity index (χ1n) is 8.61. The number of rotatable bonds is 3. The second kappa shape index (κ2) is 6.31. The SMILES string of the molecule is CCn1ncc2cc(-c3cc(=O)n4ncc(C(=O)N=C(C)C)c4[nH]3)ccc21. The summed E-state index contributed by atoms with van der Waals surface area (Å²) in [5.41, 5.74) is 3.36. The predicted octanol–water partition coefficient (Wildman–Crippen LogP) is 2.68. The topological polar surface area (TPSA) is 97.4 Å². The van der Waals surface area contributed by atoms with Gasteiger partial charge in [0.2, 0.25) is 0 Å².